The van der Waals surface area contributed by atoms with Crippen molar-refractivity contribution in [3.63, 3.8) is 0 Å². The molecule has 2 aromatic rings. The summed E-state index contributed by atoms with van der Waals surface area (Å²) in [6, 6.07) is 13.0. The van der Waals surface area contributed by atoms with Crippen LogP contribution in [0, 0.1) is 20.8 Å². The molecule has 0 bridgehead atoms. The molecule has 0 aromatic heterocycles. The summed E-state index contributed by atoms with van der Waals surface area (Å²) in [4.78, 5) is 0.245. The fourth-order valence-electron chi connectivity index (χ4n) is 2.00. The van der Waals surface area contributed by atoms with Gasteiger partial charge in [0.05, 0.1) is 4.83 Å². The molecule has 0 amide bonds. The molecule has 2 aromatic carbocycles. The smallest absolute Gasteiger partial charge is 0.0647 e. The third-order valence-electron chi connectivity index (χ3n) is 3.41. The fourth-order valence-corrected chi connectivity index (χ4v) is 3.16. The van der Waals surface area contributed by atoms with E-state index < -0.39 is 0 Å². The van der Waals surface area contributed by atoms with Crippen molar-refractivity contribution in [1.29, 1.82) is 0 Å². The third kappa shape index (κ3) is 2.70. The van der Waals surface area contributed by atoms with E-state index in [9.17, 15) is 0 Å². The van der Waals surface area contributed by atoms with Gasteiger partial charge < -0.3 is 0 Å². The van der Waals surface area contributed by atoms with Gasteiger partial charge in [0.2, 0.25) is 0 Å². The van der Waals surface area contributed by atoms with E-state index in [0.717, 1.165) is 4.47 Å². The highest BCUT2D eigenvalue weighted by atomic mass is 79.9. The number of halogens is 2. The number of hydrogen-bond donors (Lipinski definition) is 0. The van der Waals surface area contributed by atoms with Gasteiger partial charge in [-0.1, -0.05) is 62.2 Å². The second kappa shape index (κ2) is 5.58. The topological polar surface area (TPSA) is 0 Å². The van der Waals surface area contributed by atoms with E-state index in [1.54, 1.807) is 0 Å². The van der Waals surface area contributed by atoms with Crippen LogP contribution in [0.25, 0.3) is 0 Å². The van der Waals surface area contributed by atoms with Crippen LogP contribution in [0.1, 0.15) is 32.6 Å². The van der Waals surface area contributed by atoms with Crippen molar-refractivity contribution < 1.29 is 0 Å². The normalized spacial score (nSPS) is 12.5. The van der Waals surface area contributed by atoms with Crippen molar-refractivity contribution in [2.45, 2.75) is 25.6 Å². The first-order valence-electron chi connectivity index (χ1n) is 5.97. The van der Waals surface area contributed by atoms with E-state index in [2.05, 4.69) is 89.0 Å². The minimum absolute atomic E-state index is 0.245. The van der Waals surface area contributed by atoms with Gasteiger partial charge >= 0.3 is 0 Å². The molecule has 0 saturated heterocycles. The Bertz CT molecular complexity index is 573. The maximum atomic E-state index is 3.82. The maximum absolute atomic E-state index is 3.82. The van der Waals surface area contributed by atoms with E-state index in [-0.39, 0.29) is 4.83 Å². The van der Waals surface area contributed by atoms with E-state index in [1.165, 1.54) is 27.8 Å². The van der Waals surface area contributed by atoms with Crippen LogP contribution < -0.4 is 0 Å². The van der Waals surface area contributed by atoms with Crippen LogP contribution in [0.3, 0.4) is 0 Å². The second-order valence-corrected chi connectivity index (χ2v) is 6.43. The van der Waals surface area contributed by atoms with E-state index >= 15 is 0 Å². The molecular formula is C16H16Br2. The van der Waals surface area contributed by atoms with Crippen LogP contribution in [0.4, 0.5) is 0 Å². The van der Waals surface area contributed by atoms with Crippen molar-refractivity contribution in [2.24, 2.45) is 0 Å². The Labute approximate surface area is 126 Å². The molecular weight excluding hydrogens is 352 g/mol. The fraction of sp³-hybridized carbons (Fsp3) is 0.250. The van der Waals surface area contributed by atoms with Gasteiger partial charge in [0.15, 0.2) is 0 Å². The highest BCUT2D eigenvalue weighted by molar-refractivity contribution is 9.10. The summed E-state index contributed by atoms with van der Waals surface area (Å²) in [6.07, 6.45) is 0. The van der Waals surface area contributed by atoms with Gasteiger partial charge in [-0.15, -0.1) is 0 Å². The second-order valence-electron chi connectivity index (χ2n) is 4.66. The van der Waals surface area contributed by atoms with Gasteiger partial charge in [-0.2, -0.15) is 0 Å². The zero-order valence-corrected chi connectivity index (χ0v) is 14.0. The van der Waals surface area contributed by atoms with Gasteiger partial charge in [-0.05, 0) is 54.7 Å². The van der Waals surface area contributed by atoms with E-state index in [1.807, 2.05) is 0 Å². The highest BCUT2D eigenvalue weighted by Crippen LogP contribution is 2.35. The molecule has 0 spiro atoms. The first-order chi connectivity index (χ1) is 8.50. The maximum Gasteiger partial charge on any atom is 0.0647 e. The van der Waals surface area contributed by atoms with Gasteiger partial charge in [0, 0.05) is 4.47 Å². The lowest BCUT2D eigenvalue weighted by Crippen LogP contribution is -1.97. The molecule has 0 saturated carbocycles. The molecule has 18 heavy (non-hydrogen) atoms. The number of hydrogen-bond acceptors (Lipinski definition) is 0. The number of alkyl halides is 1. The summed E-state index contributed by atoms with van der Waals surface area (Å²) in [5.41, 5.74) is 6.58. The van der Waals surface area contributed by atoms with Crippen molar-refractivity contribution in [1.82, 2.24) is 0 Å². The minimum Gasteiger partial charge on any atom is -0.0786 e. The Balaban J connectivity index is 2.44. The van der Waals surface area contributed by atoms with Crippen LogP contribution in [-0.4, -0.2) is 0 Å². The first kappa shape index (κ1) is 13.8. The van der Waals surface area contributed by atoms with Gasteiger partial charge in [-0.25, -0.2) is 0 Å². The zero-order valence-electron chi connectivity index (χ0n) is 10.8. The molecule has 0 aliphatic heterocycles. The average Bonchev–Trinajstić information content (AvgIpc) is 2.35. The van der Waals surface area contributed by atoms with Crippen LogP contribution in [0.2, 0.25) is 0 Å². The lowest BCUT2D eigenvalue weighted by molar-refractivity contribution is 1.12. The summed E-state index contributed by atoms with van der Waals surface area (Å²) in [6.45, 7) is 6.45. The Kier molecular flexibility index (Phi) is 4.29. The van der Waals surface area contributed by atoms with E-state index in [0.29, 0.717) is 0 Å². The molecule has 1 unspecified atom stereocenters. The van der Waals surface area contributed by atoms with Crippen molar-refractivity contribution in [3.8, 4) is 0 Å². The SMILES string of the molecule is Cc1ccc(C(Br)c2cccc(Br)c2C)cc1C. The van der Waals surface area contributed by atoms with E-state index in [4.69, 9.17) is 0 Å². The Morgan fingerprint density at radius 1 is 0.944 bits per heavy atom. The standard InChI is InChI=1S/C16H16Br2/c1-10-7-8-13(9-11(10)2)16(18)14-5-4-6-15(17)12(14)3/h4-9,16H,1-3H3. The minimum atomic E-state index is 0.245. The van der Waals surface area contributed by atoms with Crippen molar-refractivity contribution in [3.05, 3.63) is 68.7 Å². The average molecular weight is 368 g/mol. The lowest BCUT2D eigenvalue weighted by Gasteiger charge is -2.16. The van der Waals surface area contributed by atoms with Crippen LogP contribution >= 0.6 is 31.9 Å². The molecule has 0 N–H and O–H groups in total. The molecule has 0 aliphatic carbocycles. The molecule has 2 heteroatoms. The Hall–Kier alpha value is -0.600. The summed E-state index contributed by atoms with van der Waals surface area (Å²) in [5, 5.41) is 0. The van der Waals surface area contributed by atoms with Crippen LogP contribution in [0.15, 0.2) is 40.9 Å². The molecule has 0 nitrogen and oxygen atoms in total. The molecule has 0 aliphatic rings. The van der Waals surface area contributed by atoms with Crippen LogP contribution in [0.5, 0.6) is 0 Å². The summed E-state index contributed by atoms with van der Waals surface area (Å²) in [7, 11) is 0. The van der Waals surface area contributed by atoms with Gasteiger partial charge in [0.1, 0.15) is 0 Å². The summed E-state index contributed by atoms with van der Waals surface area (Å²) in [5.74, 6) is 0. The molecule has 1 atom stereocenters. The number of aryl methyl sites for hydroxylation is 2. The summed E-state index contributed by atoms with van der Waals surface area (Å²) < 4.78 is 1.16. The molecule has 94 valence electrons. The van der Waals surface area contributed by atoms with Crippen molar-refractivity contribution >= 4 is 31.9 Å². The summed E-state index contributed by atoms with van der Waals surface area (Å²) >= 11 is 7.41. The molecule has 0 fully saturated rings. The number of benzene rings is 2. The third-order valence-corrected chi connectivity index (χ3v) is 5.29. The van der Waals surface area contributed by atoms with Crippen LogP contribution in [-0.2, 0) is 0 Å². The number of rotatable bonds is 2. The lowest BCUT2D eigenvalue weighted by atomic mass is 9.98. The quantitative estimate of drug-likeness (QED) is 0.583. The van der Waals surface area contributed by atoms with Crippen molar-refractivity contribution in [2.75, 3.05) is 0 Å². The highest BCUT2D eigenvalue weighted by Gasteiger charge is 2.14. The largest absolute Gasteiger partial charge is 0.0786 e. The Morgan fingerprint density at radius 2 is 1.67 bits per heavy atom. The van der Waals surface area contributed by atoms with Gasteiger partial charge in [-0.3, -0.25) is 0 Å². The predicted octanol–water partition coefficient (Wildman–Crippen LogP) is 5.86. The zero-order chi connectivity index (χ0) is 13.3. The molecule has 0 heterocycles. The monoisotopic (exact) mass is 366 g/mol. The first-order valence-corrected chi connectivity index (χ1v) is 7.68. The Morgan fingerprint density at radius 3 is 2.33 bits per heavy atom. The van der Waals surface area contributed by atoms with Gasteiger partial charge in [0.25, 0.3) is 0 Å². The molecule has 2 rings (SSSR count). The molecule has 0 radical (unpaired) electrons. The predicted molar refractivity (Wildman–Crippen MR) is 85.6 cm³/mol.